The van der Waals surface area contributed by atoms with Gasteiger partial charge in [-0.1, -0.05) is 35.9 Å². The van der Waals surface area contributed by atoms with E-state index in [4.69, 9.17) is 21.3 Å². The summed E-state index contributed by atoms with van der Waals surface area (Å²) in [6, 6.07) is 23.9. The Labute approximate surface area is 389 Å². The predicted molar refractivity (Wildman–Crippen MR) is 254 cm³/mol. The van der Waals surface area contributed by atoms with Crippen molar-refractivity contribution in [2.75, 3.05) is 65.6 Å². The molecule has 0 saturated carbocycles. The van der Waals surface area contributed by atoms with Gasteiger partial charge in [0.15, 0.2) is 29.7 Å². The van der Waals surface area contributed by atoms with Gasteiger partial charge in [-0.15, -0.1) is 0 Å². The lowest BCUT2D eigenvalue weighted by atomic mass is 10.0. The van der Waals surface area contributed by atoms with Crippen LogP contribution in [0.15, 0.2) is 120 Å². The second-order valence-corrected chi connectivity index (χ2v) is 20.6. The van der Waals surface area contributed by atoms with Crippen LogP contribution in [0.3, 0.4) is 0 Å². The van der Waals surface area contributed by atoms with Crippen molar-refractivity contribution < 1.29 is 30.4 Å². The van der Waals surface area contributed by atoms with Crippen molar-refractivity contribution in [3.63, 3.8) is 0 Å². The topological polar surface area (TPSA) is 165 Å². The van der Waals surface area contributed by atoms with Crippen LogP contribution >= 0.6 is 11.6 Å². The van der Waals surface area contributed by atoms with Crippen LogP contribution < -0.4 is 14.7 Å². The van der Waals surface area contributed by atoms with Gasteiger partial charge in [-0.2, -0.15) is 0 Å². The second kappa shape index (κ2) is 17.5. The zero-order chi connectivity index (χ0) is 46.6. The van der Waals surface area contributed by atoms with Gasteiger partial charge in [0.25, 0.3) is 0 Å². The molecule has 3 aliphatic heterocycles. The largest absolute Gasteiger partial charge is 0.378 e. The van der Waals surface area contributed by atoms with E-state index < -0.39 is 31.3 Å². The third kappa shape index (κ3) is 8.06. The fraction of sp³-hybridized carbons (Fsp3) is 0.208. The number of hydrogen-bond acceptors (Lipinski definition) is 14. The summed E-state index contributed by atoms with van der Waals surface area (Å²) in [4.78, 5) is 32.5. The number of sulfone groups is 2. The molecule has 11 rings (SSSR count). The molecule has 0 radical (unpaired) electrons. The molecule has 1 fully saturated rings. The first-order valence-corrected chi connectivity index (χ1v) is 25.0. The van der Waals surface area contributed by atoms with Crippen LogP contribution in [0.1, 0.15) is 11.1 Å². The van der Waals surface area contributed by atoms with Crippen LogP contribution in [0, 0.1) is 25.5 Å². The number of benzene rings is 2. The molecule has 6 aromatic heterocycles. The molecular formula is C48H40ClF2N9O5S2. The molecule has 0 aliphatic carbocycles. The highest BCUT2D eigenvalue weighted by Gasteiger charge is 2.36. The Morgan fingerprint density at radius 2 is 1.09 bits per heavy atom. The number of hydrogen-bond donors (Lipinski definition) is 0. The highest BCUT2D eigenvalue weighted by molar-refractivity contribution is 7.91. The van der Waals surface area contributed by atoms with E-state index >= 15 is 8.78 Å². The monoisotopic (exact) mass is 959 g/mol. The Balaban J connectivity index is 0.000000159. The van der Waals surface area contributed by atoms with E-state index in [1.54, 1.807) is 59.9 Å². The van der Waals surface area contributed by atoms with Crippen molar-refractivity contribution >= 4 is 81.5 Å². The zero-order valence-corrected chi connectivity index (χ0v) is 38.5. The molecule has 19 heteroatoms. The summed E-state index contributed by atoms with van der Waals surface area (Å²) < 4.78 is 87.2. The van der Waals surface area contributed by atoms with Crippen molar-refractivity contribution in [3.05, 3.63) is 138 Å². The van der Waals surface area contributed by atoms with Crippen LogP contribution in [-0.4, -0.2) is 97.6 Å². The molecule has 14 nitrogen and oxygen atoms in total. The maximum absolute atomic E-state index is 15.4. The molecule has 2 aromatic carbocycles. The highest BCUT2D eigenvalue weighted by Crippen LogP contribution is 2.46. The Bertz CT molecular complexity index is 3480. The van der Waals surface area contributed by atoms with Crippen LogP contribution in [0.2, 0.25) is 5.02 Å². The third-order valence-electron chi connectivity index (χ3n) is 12.0. The minimum absolute atomic E-state index is 0.00541. The van der Waals surface area contributed by atoms with Crippen LogP contribution in [0.5, 0.6) is 0 Å². The minimum Gasteiger partial charge on any atom is -0.378 e. The lowest BCUT2D eigenvalue weighted by Gasteiger charge is -2.35. The summed E-state index contributed by atoms with van der Waals surface area (Å²) in [6.07, 6.45) is 6.26. The van der Waals surface area contributed by atoms with E-state index in [0.717, 1.165) is 5.69 Å². The smallest absolute Gasteiger partial charge is 0.199 e. The molecule has 8 aromatic rings. The predicted octanol–water partition coefficient (Wildman–Crippen LogP) is 8.62. The van der Waals surface area contributed by atoms with Gasteiger partial charge in [0, 0.05) is 55.9 Å². The quantitative estimate of drug-likeness (QED) is 0.161. The van der Waals surface area contributed by atoms with Crippen LogP contribution in [-0.2, 0) is 24.4 Å². The molecule has 0 spiro atoms. The Morgan fingerprint density at radius 1 is 0.597 bits per heavy atom. The fourth-order valence-electron chi connectivity index (χ4n) is 8.90. The normalized spacial score (nSPS) is 16.3. The van der Waals surface area contributed by atoms with Crippen molar-refractivity contribution in [1.29, 1.82) is 0 Å². The molecule has 0 bridgehead atoms. The Morgan fingerprint density at radius 3 is 1.58 bits per heavy atom. The molecule has 0 unspecified atom stereocenters. The average molecular weight is 960 g/mol. The van der Waals surface area contributed by atoms with Crippen molar-refractivity contribution in [1.82, 2.24) is 29.9 Å². The first kappa shape index (κ1) is 44.1. The number of rotatable bonds is 5. The summed E-state index contributed by atoms with van der Waals surface area (Å²) in [5.74, 6) is -1.13. The standard InChI is InChI=1S/C26H24FN5O3S.C22H16ClFN4O2S/c1-17-24(21-6-2-3-8-28-21)30-20-7-4-5-19(27)23(20)25(17)32-11-14-36(33,34)26-22(32)15-18(16-29-26)31-9-12-35-13-10-31;1-13-20(17-6-2-3-8-25-17)27-16-7-4-5-15(24)19(16)21(13)28-9-10-31(29,30)22-18(28)11-14(23)12-26-22/h2-8,15-16H,9-14H2,1H3;2-8,11-12H,9-10H2,1H3. The van der Waals surface area contributed by atoms with Crippen molar-refractivity contribution in [2.24, 2.45) is 0 Å². The van der Waals surface area contributed by atoms with Gasteiger partial charge in [0.05, 0.1) is 109 Å². The van der Waals surface area contributed by atoms with Crippen molar-refractivity contribution in [3.8, 4) is 22.8 Å². The summed E-state index contributed by atoms with van der Waals surface area (Å²) in [6.45, 7) is 6.55. The summed E-state index contributed by atoms with van der Waals surface area (Å²) >= 11 is 6.16. The molecule has 340 valence electrons. The van der Waals surface area contributed by atoms with Gasteiger partial charge >= 0.3 is 0 Å². The van der Waals surface area contributed by atoms with E-state index in [1.165, 1.54) is 18.3 Å². The molecule has 0 amide bonds. The molecule has 0 N–H and O–H groups in total. The molecule has 3 aliphatic rings. The van der Waals surface area contributed by atoms with Gasteiger partial charge in [0.1, 0.15) is 11.6 Å². The lowest BCUT2D eigenvalue weighted by molar-refractivity contribution is 0.122. The number of fused-ring (bicyclic) bond motifs is 4. The van der Waals surface area contributed by atoms with Gasteiger partial charge < -0.3 is 19.4 Å². The van der Waals surface area contributed by atoms with E-state index in [9.17, 15) is 16.8 Å². The second-order valence-electron chi connectivity index (χ2n) is 16.1. The molecule has 9 heterocycles. The lowest BCUT2D eigenvalue weighted by Crippen LogP contribution is -2.37. The zero-order valence-electron chi connectivity index (χ0n) is 36.1. The van der Waals surface area contributed by atoms with E-state index in [-0.39, 0.29) is 34.6 Å². The number of nitrogens with zero attached hydrogens (tertiary/aromatic N) is 9. The first-order valence-electron chi connectivity index (χ1n) is 21.3. The summed E-state index contributed by atoms with van der Waals surface area (Å²) in [5, 5.41) is 0.887. The number of halogens is 3. The molecular weight excluding hydrogens is 920 g/mol. The molecule has 67 heavy (non-hydrogen) atoms. The minimum atomic E-state index is -3.59. The average Bonchev–Trinajstić information content (AvgIpc) is 3.33. The van der Waals surface area contributed by atoms with Crippen LogP contribution in [0.25, 0.3) is 44.6 Å². The molecule has 1 saturated heterocycles. The van der Waals surface area contributed by atoms with Gasteiger partial charge in [0.2, 0.25) is 0 Å². The van der Waals surface area contributed by atoms with Gasteiger partial charge in [-0.3, -0.25) is 9.97 Å². The SMILES string of the molecule is Cc1c(-c2ccccn2)nc2cccc(F)c2c1N1CCS(=O)(=O)c2ncc(Cl)cc21.Cc1c(-c2ccccn2)nc2cccc(F)c2c1N1CCS(=O)(=O)c2ncc(N3CCOCC3)cc21. The molecule has 0 atom stereocenters. The third-order valence-corrected chi connectivity index (χ3v) is 15.5. The maximum Gasteiger partial charge on any atom is 0.199 e. The highest BCUT2D eigenvalue weighted by atomic mass is 35.5. The fourth-order valence-corrected chi connectivity index (χ4v) is 11.7. The number of pyridine rings is 6. The van der Waals surface area contributed by atoms with Crippen molar-refractivity contribution in [2.45, 2.75) is 23.9 Å². The summed E-state index contributed by atoms with van der Waals surface area (Å²) in [7, 11) is -7.16. The maximum atomic E-state index is 15.4. The number of ether oxygens (including phenoxy) is 1. The first-order chi connectivity index (χ1) is 32.3. The van der Waals surface area contributed by atoms with E-state index in [2.05, 4.69) is 29.8 Å². The Hall–Kier alpha value is -6.73. The number of morpholine rings is 1. The van der Waals surface area contributed by atoms with Gasteiger partial charge in [-0.25, -0.2) is 45.6 Å². The van der Waals surface area contributed by atoms with E-state index in [0.29, 0.717) is 110 Å². The summed E-state index contributed by atoms with van der Waals surface area (Å²) in [5.41, 5.74) is 7.52. The Kier molecular flexibility index (Phi) is 11.5. The number of aromatic nitrogens is 6. The van der Waals surface area contributed by atoms with Crippen LogP contribution in [0.4, 0.5) is 37.2 Å². The number of anilines is 5. The van der Waals surface area contributed by atoms with E-state index in [1.807, 2.05) is 55.1 Å². The van der Waals surface area contributed by atoms with Gasteiger partial charge in [-0.05, 0) is 74.5 Å².